The van der Waals surface area contributed by atoms with Crippen molar-refractivity contribution in [2.24, 2.45) is 5.92 Å². The Morgan fingerprint density at radius 3 is 2.52 bits per heavy atom. The molecule has 1 N–H and O–H groups in total. The van der Waals surface area contributed by atoms with Gasteiger partial charge < -0.3 is 5.32 Å². The van der Waals surface area contributed by atoms with E-state index in [1.165, 1.54) is 5.56 Å². The molecule has 1 aromatic carbocycles. The molecule has 1 amide bonds. The molecule has 4 nitrogen and oxygen atoms in total. The number of rotatable bonds is 8. The Kier molecular flexibility index (Phi) is 6.80. The molecule has 2 aromatic rings. The summed E-state index contributed by atoms with van der Waals surface area (Å²) in [5, 5.41) is 7.91. The van der Waals surface area contributed by atoms with Crippen LogP contribution >= 0.6 is 0 Å². The fourth-order valence-electron chi connectivity index (χ4n) is 3.00. The maximum Gasteiger partial charge on any atom is 0.255 e. The van der Waals surface area contributed by atoms with Gasteiger partial charge in [0.15, 0.2) is 0 Å². The van der Waals surface area contributed by atoms with Gasteiger partial charge in [-0.25, -0.2) is 4.68 Å². The zero-order chi connectivity index (χ0) is 18.4. The van der Waals surface area contributed by atoms with Gasteiger partial charge in [0.25, 0.3) is 5.91 Å². The summed E-state index contributed by atoms with van der Waals surface area (Å²) in [6.07, 6.45) is 3.61. The fraction of sp³-hybridized carbons (Fsp3) is 0.524. The molecule has 0 aliphatic carbocycles. The van der Waals surface area contributed by atoms with Gasteiger partial charge in [-0.2, -0.15) is 5.10 Å². The third-order valence-corrected chi connectivity index (χ3v) is 4.17. The first-order valence-electron chi connectivity index (χ1n) is 9.43. The van der Waals surface area contributed by atoms with E-state index in [0.29, 0.717) is 12.5 Å². The third kappa shape index (κ3) is 4.71. The number of hydrogen-bond acceptors (Lipinski definition) is 2. The first-order valence-corrected chi connectivity index (χ1v) is 9.43. The predicted octanol–water partition coefficient (Wildman–Crippen LogP) is 4.47. The van der Waals surface area contributed by atoms with Crippen LogP contribution in [0.4, 0.5) is 0 Å². The van der Waals surface area contributed by atoms with Crippen LogP contribution in [0.2, 0.25) is 0 Å². The van der Waals surface area contributed by atoms with Crippen molar-refractivity contribution in [3.63, 3.8) is 0 Å². The molecule has 4 heteroatoms. The van der Waals surface area contributed by atoms with E-state index in [9.17, 15) is 4.79 Å². The Hall–Kier alpha value is -2.10. The smallest absolute Gasteiger partial charge is 0.255 e. The number of aromatic nitrogens is 2. The molecule has 0 atom stereocenters. The zero-order valence-electron chi connectivity index (χ0n) is 16.2. The number of carbonyl (C=O) groups is 1. The molecule has 0 unspecified atom stereocenters. The van der Waals surface area contributed by atoms with Gasteiger partial charge in [-0.05, 0) is 43.4 Å². The maximum absolute atomic E-state index is 12.9. The molecule has 1 aromatic heterocycles. The van der Waals surface area contributed by atoms with Crippen molar-refractivity contribution in [3.05, 3.63) is 46.8 Å². The average molecular weight is 341 g/mol. The fourth-order valence-corrected chi connectivity index (χ4v) is 3.00. The van der Waals surface area contributed by atoms with E-state index in [1.807, 2.05) is 10.7 Å². The molecule has 0 saturated carbocycles. The van der Waals surface area contributed by atoms with Crippen molar-refractivity contribution < 1.29 is 4.79 Å². The van der Waals surface area contributed by atoms with Gasteiger partial charge in [-0.3, -0.25) is 4.79 Å². The number of hydrogen-bond donors (Lipinski definition) is 1. The van der Waals surface area contributed by atoms with Crippen molar-refractivity contribution in [2.75, 3.05) is 6.54 Å². The molecule has 0 spiro atoms. The van der Waals surface area contributed by atoms with Crippen molar-refractivity contribution in [3.8, 4) is 5.69 Å². The van der Waals surface area contributed by atoms with E-state index < -0.39 is 0 Å². The van der Waals surface area contributed by atoms with E-state index in [1.54, 1.807) is 0 Å². The molecule has 0 radical (unpaired) electrons. The largest absolute Gasteiger partial charge is 0.352 e. The highest BCUT2D eigenvalue weighted by molar-refractivity contribution is 5.96. The molecule has 2 rings (SSSR count). The normalized spacial score (nSPS) is 11.1. The summed E-state index contributed by atoms with van der Waals surface area (Å²) in [5.41, 5.74) is 4.94. The van der Waals surface area contributed by atoms with Crippen LogP contribution in [-0.4, -0.2) is 22.2 Å². The Bertz CT molecular complexity index is 716. The number of carbonyl (C=O) groups excluding carboxylic acids is 1. The quantitative estimate of drug-likeness (QED) is 0.770. The van der Waals surface area contributed by atoms with Crippen molar-refractivity contribution in [2.45, 2.75) is 60.3 Å². The van der Waals surface area contributed by atoms with Crippen LogP contribution in [-0.2, 0) is 12.8 Å². The van der Waals surface area contributed by atoms with Gasteiger partial charge in [0.1, 0.15) is 0 Å². The van der Waals surface area contributed by atoms with Crippen LogP contribution in [0.5, 0.6) is 0 Å². The molecule has 0 fully saturated rings. The number of amides is 1. The number of aryl methyl sites for hydroxylation is 2. The molecular formula is C21H31N3O. The second-order valence-corrected chi connectivity index (χ2v) is 7.12. The van der Waals surface area contributed by atoms with Gasteiger partial charge in [0.05, 0.1) is 22.6 Å². The molecular weight excluding hydrogens is 310 g/mol. The minimum Gasteiger partial charge on any atom is -0.352 e. The number of nitrogens with one attached hydrogen (secondary N) is 1. The molecule has 0 saturated heterocycles. The first-order chi connectivity index (χ1) is 12.0. The van der Waals surface area contributed by atoms with E-state index >= 15 is 0 Å². The van der Waals surface area contributed by atoms with Crippen molar-refractivity contribution >= 4 is 5.91 Å². The number of nitrogens with zero attached hydrogens (tertiary/aromatic N) is 2. The SMILES string of the molecule is CCCc1nn(-c2cccc(C)c2)c(CCC)c1C(=O)NCC(C)C. The third-order valence-electron chi connectivity index (χ3n) is 4.17. The summed E-state index contributed by atoms with van der Waals surface area (Å²) < 4.78 is 1.98. The predicted molar refractivity (Wildman–Crippen MR) is 103 cm³/mol. The Morgan fingerprint density at radius 1 is 1.20 bits per heavy atom. The van der Waals surface area contributed by atoms with E-state index in [-0.39, 0.29) is 5.91 Å². The highest BCUT2D eigenvalue weighted by Crippen LogP contribution is 2.22. The monoisotopic (exact) mass is 341 g/mol. The van der Waals surface area contributed by atoms with E-state index in [2.05, 4.69) is 58.1 Å². The summed E-state index contributed by atoms with van der Waals surface area (Å²) >= 11 is 0. The standard InChI is InChI=1S/C21H31N3O/c1-6-9-18-20(21(25)22-14-15(3)4)19(10-7-2)24(23-18)17-12-8-11-16(5)13-17/h8,11-13,15H,6-7,9-10,14H2,1-5H3,(H,22,25). The second-order valence-electron chi connectivity index (χ2n) is 7.12. The summed E-state index contributed by atoms with van der Waals surface area (Å²) in [6.45, 7) is 11.2. The lowest BCUT2D eigenvalue weighted by Crippen LogP contribution is -2.28. The van der Waals surface area contributed by atoms with Gasteiger partial charge in [-0.15, -0.1) is 0 Å². The Labute approximate surface area is 151 Å². The summed E-state index contributed by atoms with van der Waals surface area (Å²) in [4.78, 5) is 12.9. The van der Waals surface area contributed by atoms with E-state index in [0.717, 1.165) is 48.3 Å². The van der Waals surface area contributed by atoms with Gasteiger partial charge in [0, 0.05) is 6.54 Å². The molecule has 136 valence electrons. The highest BCUT2D eigenvalue weighted by Gasteiger charge is 2.23. The highest BCUT2D eigenvalue weighted by atomic mass is 16.1. The summed E-state index contributed by atoms with van der Waals surface area (Å²) in [6, 6.07) is 8.30. The minimum absolute atomic E-state index is 0.0134. The van der Waals surface area contributed by atoms with Crippen LogP contribution < -0.4 is 5.32 Å². The van der Waals surface area contributed by atoms with Crippen molar-refractivity contribution in [1.29, 1.82) is 0 Å². The van der Waals surface area contributed by atoms with Crippen LogP contribution in [0.15, 0.2) is 24.3 Å². The minimum atomic E-state index is 0.0134. The first kappa shape index (κ1) is 19.2. The van der Waals surface area contributed by atoms with Crippen molar-refractivity contribution in [1.82, 2.24) is 15.1 Å². The lowest BCUT2D eigenvalue weighted by molar-refractivity contribution is 0.0947. The zero-order valence-corrected chi connectivity index (χ0v) is 16.2. The molecule has 25 heavy (non-hydrogen) atoms. The molecule has 0 bridgehead atoms. The number of benzene rings is 1. The Balaban J connectivity index is 2.53. The van der Waals surface area contributed by atoms with Gasteiger partial charge in [-0.1, -0.05) is 52.7 Å². The van der Waals surface area contributed by atoms with Crippen LogP contribution in [0, 0.1) is 12.8 Å². The molecule has 0 aliphatic rings. The topological polar surface area (TPSA) is 46.9 Å². The van der Waals surface area contributed by atoms with Gasteiger partial charge >= 0.3 is 0 Å². The summed E-state index contributed by atoms with van der Waals surface area (Å²) in [7, 11) is 0. The summed E-state index contributed by atoms with van der Waals surface area (Å²) in [5.74, 6) is 0.444. The van der Waals surface area contributed by atoms with Gasteiger partial charge in [0.2, 0.25) is 0 Å². The molecule has 0 aliphatic heterocycles. The lowest BCUT2D eigenvalue weighted by Gasteiger charge is -2.11. The maximum atomic E-state index is 12.9. The molecule has 1 heterocycles. The lowest BCUT2D eigenvalue weighted by atomic mass is 10.0. The van der Waals surface area contributed by atoms with Crippen LogP contribution in [0.1, 0.15) is 67.8 Å². The Morgan fingerprint density at radius 2 is 1.92 bits per heavy atom. The van der Waals surface area contributed by atoms with Crippen LogP contribution in [0.25, 0.3) is 5.69 Å². The van der Waals surface area contributed by atoms with E-state index in [4.69, 9.17) is 5.10 Å². The van der Waals surface area contributed by atoms with Crippen LogP contribution in [0.3, 0.4) is 0 Å². The average Bonchev–Trinajstić information content (AvgIpc) is 2.92. The second kappa shape index (κ2) is 8.84.